The Kier molecular flexibility index (Phi) is 8.93. The van der Waals surface area contributed by atoms with Crippen LogP contribution in [0.4, 0.5) is 0 Å². The van der Waals surface area contributed by atoms with Crippen molar-refractivity contribution in [3.63, 3.8) is 0 Å². The second-order valence-corrected chi connectivity index (χ2v) is 9.68. The van der Waals surface area contributed by atoms with Gasteiger partial charge in [0.15, 0.2) is 0 Å². The Balaban J connectivity index is 1.95. The van der Waals surface area contributed by atoms with Crippen molar-refractivity contribution in [2.75, 3.05) is 26.3 Å². The van der Waals surface area contributed by atoms with E-state index >= 15 is 0 Å². The van der Waals surface area contributed by atoms with E-state index in [1.165, 1.54) is 0 Å². The predicted molar refractivity (Wildman–Crippen MR) is 128 cm³/mol. The number of amides is 2. The van der Waals surface area contributed by atoms with Gasteiger partial charge in [-0.3, -0.25) is 14.4 Å². The Morgan fingerprint density at radius 1 is 1.35 bits per heavy atom. The molecule has 34 heavy (non-hydrogen) atoms. The van der Waals surface area contributed by atoms with E-state index in [0.717, 1.165) is 12.8 Å². The normalized spacial score (nSPS) is 30.2. The lowest BCUT2D eigenvalue weighted by Crippen LogP contribution is -2.57. The summed E-state index contributed by atoms with van der Waals surface area (Å²) in [4.78, 5) is 44.3. The summed E-state index contributed by atoms with van der Waals surface area (Å²) in [7, 11) is 0. The highest BCUT2D eigenvalue weighted by molar-refractivity contribution is 5.98. The molecule has 1 spiro atoms. The fourth-order valence-corrected chi connectivity index (χ4v) is 6.03. The van der Waals surface area contributed by atoms with Gasteiger partial charge in [0, 0.05) is 25.7 Å². The summed E-state index contributed by atoms with van der Waals surface area (Å²) in [5.41, 5.74) is -1.02. The number of carbonyl (C=O) groups excluding carboxylic acids is 3. The van der Waals surface area contributed by atoms with Crippen LogP contribution in [0, 0.1) is 11.8 Å². The minimum absolute atomic E-state index is 0.0152. The Labute approximate surface area is 202 Å². The van der Waals surface area contributed by atoms with Crippen LogP contribution >= 0.6 is 0 Å². The molecule has 3 unspecified atom stereocenters. The maximum absolute atomic E-state index is 14.1. The Bertz CT molecular complexity index is 785. The van der Waals surface area contributed by atoms with Crippen molar-refractivity contribution in [2.45, 2.75) is 82.6 Å². The molecule has 6 atom stereocenters. The Morgan fingerprint density at radius 3 is 2.76 bits per heavy atom. The van der Waals surface area contributed by atoms with Gasteiger partial charge in [-0.2, -0.15) is 0 Å². The van der Waals surface area contributed by atoms with Crippen LogP contribution in [0.25, 0.3) is 0 Å². The third kappa shape index (κ3) is 4.67. The highest BCUT2D eigenvalue weighted by Gasteiger charge is 2.75. The third-order valence-electron chi connectivity index (χ3n) is 7.53. The molecule has 3 rings (SSSR count). The first-order valence-electron chi connectivity index (χ1n) is 12.7. The van der Waals surface area contributed by atoms with E-state index in [2.05, 4.69) is 20.1 Å². The van der Waals surface area contributed by atoms with Crippen LogP contribution < -0.4 is 0 Å². The molecule has 3 fully saturated rings. The standard InChI is InChI=1S/C26H40N2O6/c1-5-8-17-33-25(32)20-19-12-13-26(34-19)21(20)23(30)28(15-9-10-16-29)22(26)24(31)27(14-7-3)18(4)11-6-2/h5,7,18-22,29H,1,3,6,8-17H2,2,4H3/t18?,19-,20+,21-,22?,26?/m0/s1. The van der Waals surface area contributed by atoms with Crippen LogP contribution in [-0.4, -0.2) is 82.8 Å². The Hall–Kier alpha value is -2.19. The summed E-state index contributed by atoms with van der Waals surface area (Å²) in [6.45, 7) is 12.5. The van der Waals surface area contributed by atoms with E-state index in [1.54, 1.807) is 22.0 Å². The molecule has 190 valence electrons. The van der Waals surface area contributed by atoms with Gasteiger partial charge >= 0.3 is 5.97 Å². The van der Waals surface area contributed by atoms with E-state index in [4.69, 9.17) is 9.47 Å². The van der Waals surface area contributed by atoms with Crippen LogP contribution in [0.1, 0.15) is 58.8 Å². The number of unbranched alkanes of at least 4 members (excludes halogenated alkanes) is 1. The molecular weight excluding hydrogens is 436 g/mol. The number of esters is 1. The summed E-state index contributed by atoms with van der Waals surface area (Å²) >= 11 is 0. The smallest absolute Gasteiger partial charge is 0.312 e. The van der Waals surface area contributed by atoms with Gasteiger partial charge in [0.25, 0.3) is 0 Å². The SMILES string of the molecule is C=CCCOC(=O)[C@@H]1[C@@H]2CCC3(O2)C(C(=O)N(CC=C)C(C)CCC)N(CCCCO)C(=O)[C@H]13. The molecule has 0 aromatic carbocycles. The molecule has 0 saturated carbocycles. The molecule has 0 aromatic rings. The molecule has 0 aliphatic carbocycles. The van der Waals surface area contributed by atoms with Crippen molar-refractivity contribution < 1.29 is 29.0 Å². The number of carbonyl (C=O) groups is 3. The minimum atomic E-state index is -1.02. The lowest BCUT2D eigenvalue weighted by atomic mass is 9.70. The summed E-state index contributed by atoms with van der Waals surface area (Å²) in [5, 5.41) is 9.27. The Morgan fingerprint density at radius 2 is 2.12 bits per heavy atom. The number of likely N-dealkylation sites (tertiary alicyclic amines) is 1. The van der Waals surface area contributed by atoms with Crippen LogP contribution in [-0.2, 0) is 23.9 Å². The number of aliphatic hydroxyl groups is 1. The zero-order valence-electron chi connectivity index (χ0n) is 20.6. The number of fused-ring (bicyclic) bond motifs is 1. The predicted octanol–water partition coefficient (Wildman–Crippen LogP) is 2.46. The minimum Gasteiger partial charge on any atom is -0.465 e. The monoisotopic (exact) mass is 476 g/mol. The van der Waals surface area contributed by atoms with E-state index in [1.807, 2.05) is 6.92 Å². The van der Waals surface area contributed by atoms with Gasteiger partial charge in [0.05, 0.1) is 24.5 Å². The molecule has 3 aliphatic rings. The molecule has 8 heteroatoms. The van der Waals surface area contributed by atoms with E-state index in [9.17, 15) is 19.5 Å². The van der Waals surface area contributed by atoms with E-state index in [0.29, 0.717) is 45.2 Å². The van der Waals surface area contributed by atoms with Gasteiger partial charge < -0.3 is 24.4 Å². The van der Waals surface area contributed by atoms with Crippen molar-refractivity contribution in [1.29, 1.82) is 0 Å². The van der Waals surface area contributed by atoms with Crippen molar-refractivity contribution in [2.24, 2.45) is 11.8 Å². The van der Waals surface area contributed by atoms with Gasteiger partial charge in [-0.1, -0.05) is 25.5 Å². The first kappa shape index (κ1) is 26.4. The van der Waals surface area contributed by atoms with E-state index < -0.39 is 35.6 Å². The van der Waals surface area contributed by atoms with Gasteiger partial charge in [-0.05, 0) is 45.4 Å². The van der Waals surface area contributed by atoms with Crippen LogP contribution in [0.15, 0.2) is 25.3 Å². The number of rotatable bonds is 14. The lowest BCUT2D eigenvalue weighted by molar-refractivity contribution is -0.155. The third-order valence-corrected chi connectivity index (χ3v) is 7.53. The second-order valence-electron chi connectivity index (χ2n) is 9.68. The van der Waals surface area contributed by atoms with Crippen LogP contribution in [0.2, 0.25) is 0 Å². The summed E-state index contributed by atoms with van der Waals surface area (Å²) in [6, 6.07) is -0.808. The summed E-state index contributed by atoms with van der Waals surface area (Å²) in [6.07, 6.45) is 7.54. The quantitative estimate of drug-likeness (QED) is 0.235. The van der Waals surface area contributed by atoms with Gasteiger partial charge in [0.1, 0.15) is 11.6 Å². The van der Waals surface area contributed by atoms with Crippen LogP contribution in [0.5, 0.6) is 0 Å². The first-order valence-corrected chi connectivity index (χ1v) is 12.7. The maximum atomic E-state index is 14.1. The molecule has 2 amide bonds. The first-order chi connectivity index (χ1) is 16.4. The number of hydrogen-bond acceptors (Lipinski definition) is 6. The average molecular weight is 477 g/mol. The fourth-order valence-electron chi connectivity index (χ4n) is 6.03. The molecule has 8 nitrogen and oxygen atoms in total. The van der Waals surface area contributed by atoms with Crippen molar-refractivity contribution >= 4 is 17.8 Å². The maximum Gasteiger partial charge on any atom is 0.312 e. The largest absolute Gasteiger partial charge is 0.465 e. The summed E-state index contributed by atoms with van der Waals surface area (Å²) in [5.74, 6) is -2.23. The lowest BCUT2D eigenvalue weighted by Gasteiger charge is -2.39. The fraction of sp³-hybridized carbons (Fsp3) is 0.731. The molecule has 0 radical (unpaired) electrons. The highest BCUT2D eigenvalue weighted by atomic mass is 16.6. The van der Waals surface area contributed by atoms with Gasteiger partial charge in [-0.25, -0.2) is 0 Å². The molecule has 3 saturated heterocycles. The van der Waals surface area contributed by atoms with Crippen molar-refractivity contribution in [1.82, 2.24) is 9.80 Å². The zero-order valence-corrected chi connectivity index (χ0v) is 20.6. The molecule has 3 heterocycles. The number of nitrogens with zero attached hydrogens (tertiary/aromatic N) is 2. The van der Waals surface area contributed by atoms with Crippen molar-refractivity contribution in [3.8, 4) is 0 Å². The molecular formula is C26H40N2O6. The second kappa shape index (κ2) is 11.5. The summed E-state index contributed by atoms with van der Waals surface area (Å²) < 4.78 is 11.9. The zero-order chi connectivity index (χ0) is 24.9. The highest BCUT2D eigenvalue weighted by Crippen LogP contribution is 2.58. The number of aliphatic hydroxyl groups excluding tert-OH is 1. The molecule has 3 aliphatic heterocycles. The topological polar surface area (TPSA) is 96.4 Å². The van der Waals surface area contributed by atoms with Crippen LogP contribution in [0.3, 0.4) is 0 Å². The van der Waals surface area contributed by atoms with Crippen molar-refractivity contribution in [3.05, 3.63) is 25.3 Å². The number of hydrogen-bond donors (Lipinski definition) is 1. The molecule has 0 aromatic heterocycles. The molecule has 1 N–H and O–H groups in total. The average Bonchev–Trinajstić information content (AvgIpc) is 3.45. The van der Waals surface area contributed by atoms with Gasteiger partial charge in [-0.15, -0.1) is 13.2 Å². The number of ether oxygens (including phenoxy) is 2. The van der Waals surface area contributed by atoms with E-state index in [-0.39, 0.29) is 31.1 Å². The molecule has 2 bridgehead atoms. The van der Waals surface area contributed by atoms with Gasteiger partial charge in [0.2, 0.25) is 11.8 Å².